The second kappa shape index (κ2) is 7.29. The van der Waals surface area contributed by atoms with Crippen molar-refractivity contribution in [3.8, 4) is 6.07 Å². The van der Waals surface area contributed by atoms with E-state index in [0.29, 0.717) is 23.1 Å². The van der Waals surface area contributed by atoms with Crippen molar-refractivity contribution < 1.29 is 9.32 Å². The Hall–Kier alpha value is -2.78. The summed E-state index contributed by atoms with van der Waals surface area (Å²) in [5.41, 5.74) is 0.824. The van der Waals surface area contributed by atoms with Crippen LogP contribution in [0.1, 0.15) is 11.3 Å². The van der Waals surface area contributed by atoms with Gasteiger partial charge < -0.3 is 15.2 Å². The quantitative estimate of drug-likeness (QED) is 0.654. The first-order valence-electron chi connectivity index (χ1n) is 6.41. The van der Waals surface area contributed by atoms with Crippen molar-refractivity contribution in [2.75, 3.05) is 5.32 Å². The van der Waals surface area contributed by atoms with Crippen molar-refractivity contribution in [2.24, 2.45) is 0 Å². The van der Waals surface area contributed by atoms with E-state index in [4.69, 9.17) is 21.4 Å². The minimum absolute atomic E-state index is 0.0605. The summed E-state index contributed by atoms with van der Waals surface area (Å²) in [6.45, 7) is 2.05. The van der Waals surface area contributed by atoms with Gasteiger partial charge in [-0.05, 0) is 24.6 Å². The molecular formula is C15H13ClN4O2. The van der Waals surface area contributed by atoms with Gasteiger partial charge in [-0.1, -0.05) is 28.9 Å². The van der Waals surface area contributed by atoms with Gasteiger partial charge in [0, 0.05) is 23.8 Å². The number of nitrogens with zero attached hydrogens (tertiary/aromatic N) is 2. The summed E-state index contributed by atoms with van der Waals surface area (Å²) in [6.07, 6.45) is 1.29. The Morgan fingerprint density at radius 3 is 2.77 bits per heavy atom. The molecule has 0 spiro atoms. The van der Waals surface area contributed by atoms with Gasteiger partial charge in [0.15, 0.2) is 5.82 Å². The van der Waals surface area contributed by atoms with Crippen LogP contribution in [0.4, 0.5) is 5.82 Å². The van der Waals surface area contributed by atoms with E-state index in [9.17, 15) is 4.79 Å². The fourth-order valence-corrected chi connectivity index (χ4v) is 1.73. The largest absolute Gasteiger partial charge is 0.360 e. The van der Waals surface area contributed by atoms with Crippen molar-refractivity contribution in [2.45, 2.75) is 13.5 Å². The first-order valence-corrected chi connectivity index (χ1v) is 6.79. The van der Waals surface area contributed by atoms with E-state index in [1.165, 1.54) is 6.20 Å². The number of nitriles is 1. The lowest BCUT2D eigenvalue weighted by Crippen LogP contribution is -2.24. The molecule has 112 valence electrons. The summed E-state index contributed by atoms with van der Waals surface area (Å²) in [4.78, 5) is 11.9. The van der Waals surface area contributed by atoms with E-state index >= 15 is 0 Å². The molecule has 1 heterocycles. The number of aromatic nitrogens is 1. The number of anilines is 1. The SMILES string of the molecule is Cc1cc(N/C=C(/C#N)C(=O)NCc2ccc(Cl)cc2)no1. The summed E-state index contributed by atoms with van der Waals surface area (Å²) in [7, 11) is 0. The van der Waals surface area contributed by atoms with Crippen molar-refractivity contribution in [1.82, 2.24) is 10.5 Å². The summed E-state index contributed by atoms with van der Waals surface area (Å²) >= 11 is 5.79. The Labute approximate surface area is 132 Å². The molecule has 0 atom stereocenters. The molecule has 0 fully saturated rings. The van der Waals surface area contributed by atoms with Crippen LogP contribution in [0.15, 0.2) is 46.6 Å². The molecular weight excluding hydrogens is 304 g/mol. The van der Waals surface area contributed by atoms with E-state index in [2.05, 4.69) is 15.8 Å². The molecule has 2 rings (SSSR count). The molecule has 22 heavy (non-hydrogen) atoms. The van der Waals surface area contributed by atoms with Gasteiger partial charge >= 0.3 is 0 Å². The van der Waals surface area contributed by atoms with Gasteiger partial charge in [0.25, 0.3) is 5.91 Å². The van der Waals surface area contributed by atoms with Crippen molar-refractivity contribution in [1.29, 1.82) is 5.26 Å². The molecule has 0 aliphatic rings. The minimum Gasteiger partial charge on any atom is -0.360 e. The minimum atomic E-state index is -0.481. The van der Waals surface area contributed by atoms with Crippen molar-refractivity contribution >= 4 is 23.3 Å². The van der Waals surface area contributed by atoms with E-state index in [1.54, 1.807) is 37.3 Å². The molecule has 0 aliphatic heterocycles. The number of benzene rings is 1. The highest BCUT2D eigenvalue weighted by atomic mass is 35.5. The molecule has 7 heteroatoms. The van der Waals surface area contributed by atoms with Gasteiger partial charge in [0.2, 0.25) is 0 Å². The molecule has 1 aromatic carbocycles. The standard InChI is InChI=1S/C15H13ClN4O2/c1-10-6-14(20-22-10)18-9-12(7-17)15(21)19-8-11-2-4-13(16)5-3-11/h2-6,9H,8H2,1H3,(H,18,20)(H,19,21)/b12-9-. The van der Waals surface area contributed by atoms with E-state index in [0.717, 1.165) is 5.56 Å². The average molecular weight is 317 g/mol. The zero-order valence-corrected chi connectivity index (χ0v) is 12.5. The van der Waals surface area contributed by atoms with Crippen LogP contribution in [-0.2, 0) is 11.3 Å². The molecule has 0 unspecified atom stereocenters. The molecule has 6 nitrogen and oxygen atoms in total. The van der Waals surface area contributed by atoms with Gasteiger partial charge in [-0.25, -0.2) is 0 Å². The smallest absolute Gasteiger partial charge is 0.263 e. The van der Waals surface area contributed by atoms with Crippen LogP contribution in [0, 0.1) is 18.3 Å². The fourth-order valence-electron chi connectivity index (χ4n) is 1.61. The van der Waals surface area contributed by atoms with E-state index in [-0.39, 0.29) is 5.57 Å². The van der Waals surface area contributed by atoms with Gasteiger partial charge in [0.05, 0.1) is 0 Å². The Morgan fingerprint density at radius 1 is 1.45 bits per heavy atom. The van der Waals surface area contributed by atoms with Crippen LogP contribution in [0.3, 0.4) is 0 Å². The highest BCUT2D eigenvalue weighted by molar-refractivity contribution is 6.30. The Bertz CT molecular complexity index is 729. The number of aryl methyl sites for hydroxylation is 1. The highest BCUT2D eigenvalue weighted by Crippen LogP contribution is 2.10. The first kappa shape index (κ1) is 15.6. The number of carbonyl (C=O) groups excluding carboxylic acids is 1. The molecule has 2 N–H and O–H groups in total. The zero-order valence-electron chi connectivity index (χ0n) is 11.8. The van der Waals surface area contributed by atoms with Crippen LogP contribution >= 0.6 is 11.6 Å². The summed E-state index contributed by atoms with van der Waals surface area (Å²) in [5.74, 6) is 0.572. The molecule has 0 bridgehead atoms. The van der Waals surface area contributed by atoms with Gasteiger partial charge in [-0.3, -0.25) is 4.79 Å². The molecule has 2 aromatic rings. The fraction of sp³-hybridized carbons (Fsp3) is 0.133. The average Bonchev–Trinajstić information content (AvgIpc) is 2.93. The van der Waals surface area contributed by atoms with Crippen molar-refractivity contribution in [3.05, 3.63) is 58.5 Å². The molecule has 0 saturated heterocycles. The summed E-state index contributed by atoms with van der Waals surface area (Å²) in [6, 6.07) is 10.6. The zero-order chi connectivity index (χ0) is 15.9. The maximum absolute atomic E-state index is 11.9. The Kier molecular flexibility index (Phi) is 5.17. The van der Waals surface area contributed by atoms with Crippen LogP contribution in [0.25, 0.3) is 0 Å². The molecule has 0 saturated carbocycles. The lowest BCUT2D eigenvalue weighted by molar-refractivity contribution is -0.117. The number of hydrogen-bond donors (Lipinski definition) is 2. The monoisotopic (exact) mass is 316 g/mol. The maximum atomic E-state index is 11.9. The van der Waals surface area contributed by atoms with Gasteiger partial charge in [0.1, 0.15) is 17.4 Å². The number of carbonyl (C=O) groups is 1. The molecule has 1 amide bonds. The van der Waals surface area contributed by atoms with Crippen LogP contribution in [0.2, 0.25) is 5.02 Å². The van der Waals surface area contributed by atoms with Crippen molar-refractivity contribution in [3.63, 3.8) is 0 Å². The summed E-state index contributed by atoms with van der Waals surface area (Å²) in [5, 5.41) is 18.7. The number of halogens is 1. The van der Waals surface area contributed by atoms with Gasteiger partial charge in [-0.2, -0.15) is 5.26 Å². The second-order valence-corrected chi connectivity index (χ2v) is 4.88. The number of hydrogen-bond acceptors (Lipinski definition) is 5. The summed E-state index contributed by atoms with van der Waals surface area (Å²) < 4.78 is 4.87. The normalized spacial score (nSPS) is 10.9. The lowest BCUT2D eigenvalue weighted by atomic mass is 10.2. The highest BCUT2D eigenvalue weighted by Gasteiger charge is 2.09. The molecule has 1 aromatic heterocycles. The topological polar surface area (TPSA) is 91.0 Å². The predicted octanol–water partition coefficient (Wildman–Crippen LogP) is 2.77. The number of amides is 1. The Morgan fingerprint density at radius 2 is 2.18 bits per heavy atom. The number of rotatable bonds is 5. The second-order valence-electron chi connectivity index (χ2n) is 4.45. The first-order chi connectivity index (χ1) is 10.6. The predicted molar refractivity (Wildman–Crippen MR) is 81.9 cm³/mol. The Balaban J connectivity index is 1.94. The van der Waals surface area contributed by atoms with Gasteiger partial charge in [-0.15, -0.1) is 0 Å². The molecule has 0 radical (unpaired) electrons. The lowest BCUT2D eigenvalue weighted by Gasteiger charge is -2.04. The van der Waals surface area contributed by atoms with Crippen LogP contribution < -0.4 is 10.6 Å². The maximum Gasteiger partial charge on any atom is 0.263 e. The van der Waals surface area contributed by atoms with Crippen LogP contribution in [-0.4, -0.2) is 11.1 Å². The van der Waals surface area contributed by atoms with Crippen LogP contribution in [0.5, 0.6) is 0 Å². The third-order valence-electron chi connectivity index (χ3n) is 2.72. The van der Waals surface area contributed by atoms with E-state index < -0.39 is 5.91 Å². The third-order valence-corrected chi connectivity index (χ3v) is 2.98. The van der Waals surface area contributed by atoms with E-state index in [1.807, 2.05) is 6.07 Å². The number of nitrogens with one attached hydrogen (secondary N) is 2. The third kappa shape index (κ3) is 4.36. The molecule has 0 aliphatic carbocycles.